The molecule has 0 bridgehead atoms. The number of halogens is 1. The summed E-state index contributed by atoms with van der Waals surface area (Å²) in [6.45, 7) is 7.77. The van der Waals surface area contributed by atoms with Crippen LogP contribution in [0.15, 0.2) is 36.7 Å². The smallest absolute Gasteiger partial charge is 0.259 e. The Morgan fingerprint density at radius 1 is 1.09 bits per heavy atom. The zero-order chi connectivity index (χ0) is 23.3. The van der Waals surface area contributed by atoms with E-state index in [2.05, 4.69) is 25.1 Å². The molecule has 2 aliphatic heterocycles. The molecule has 1 aromatic carbocycles. The van der Waals surface area contributed by atoms with Gasteiger partial charge in [-0.2, -0.15) is 15.0 Å². The lowest BCUT2D eigenvalue weighted by molar-refractivity contribution is 0.0735. The predicted octanol–water partition coefficient (Wildman–Crippen LogP) is 1.94. The Morgan fingerprint density at radius 2 is 1.76 bits per heavy atom. The zero-order valence-corrected chi connectivity index (χ0v) is 18.8. The normalized spacial score (nSPS) is 20.4. The SMILES string of the molecule is Cc1cc(C(C)(C)O)nc(N2CC3CN(C(=O)c4c(F)cccc4-n4nccn4)CC3C2)n1. The van der Waals surface area contributed by atoms with E-state index in [4.69, 9.17) is 0 Å². The van der Waals surface area contributed by atoms with Gasteiger partial charge >= 0.3 is 0 Å². The summed E-state index contributed by atoms with van der Waals surface area (Å²) in [5.41, 5.74) is 0.643. The molecule has 0 aliphatic carbocycles. The van der Waals surface area contributed by atoms with E-state index >= 15 is 0 Å². The first kappa shape index (κ1) is 21.4. The number of nitrogens with zero attached hydrogens (tertiary/aromatic N) is 7. The number of rotatable bonds is 4. The van der Waals surface area contributed by atoms with Gasteiger partial charge in [-0.1, -0.05) is 6.07 Å². The Balaban J connectivity index is 1.34. The van der Waals surface area contributed by atoms with Crippen LogP contribution in [0.2, 0.25) is 0 Å². The summed E-state index contributed by atoms with van der Waals surface area (Å²) in [5.74, 6) is 0.141. The van der Waals surface area contributed by atoms with E-state index < -0.39 is 11.4 Å². The highest BCUT2D eigenvalue weighted by Gasteiger charge is 2.43. The van der Waals surface area contributed by atoms with Crippen molar-refractivity contribution in [1.82, 2.24) is 29.9 Å². The van der Waals surface area contributed by atoms with Crippen LogP contribution in [0, 0.1) is 24.6 Å². The van der Waals surface area contributed by atoms with Crippen LogP contribution in [0.4, 0.5) is 10.3 Å². The minimum absolute atomic E-state index is 0.0117. The number of hydrogen-bond donors (Lipinski definition) is 1. The Hall–Kier alpha value is -3.40. The highest BCUT2D eigenvalue weighted by molar-refractivity contribution is 5.98. The van der Waals surface area contributed by atoms with Crippen molar-refractivity contribution in [3.05, 3.63) is 59.4 Å². The minimum Gasteiger partial charge on any atom is -0.384 e. The highest BCUT2D eigenvalue weighted by atomic mass is 19.1. The summed E-state index contributed by atoms with van der Waals surface area (Å²) in [6, 6.07) is 6.27. The molecule has 0 radical (unpaired) electrons. The maximum atomic E-state index is 14.7. The number of likely N-dealkylation sites (tertiary alicyclic amines) is 1. The van der Waals surface area contributed by atoms with Crippen LogP contribution >= 0.6 is 0 Å². The van der Waals surface area contributed by atoms with Gasteiger partial charge < -0.3 is 14.9 Å². The number of aromatic nitrogens is 5. The van der Waals surface area contributed by atoms with Crippen LogP contribution in [-0.4, -0.2) is 67.1 Å². The number of aliphatic hydroxyl groups is 1. The topological polar surface area (TPSA) is 100 Å². The van der Waals surface area contributed by atoms with Crippen LogP contribution in [0.1, 0.15) is 35.6 Å². The first-order valence-corrected chi connectivity index (χ1v) is 11.0. The molecular weight excluding hydrogens is 425 g/mol. The van der Waals surface area contributed by atoms with Crippen LogP contribution < -0.4 is 4.90 Å². The molecule has 0 spiro atoms. The Labute approximate surface area is 190 Å². The molecule has 1 N–H and O–H groups in total. The fraction of sp³-hybridized carbons (Fsp3) is 0.435. The number of amides is 1. The van der Waals surface area contributed by atoms with Gasteiger partial charge in [-0.15, -0.1) is 0 Å². The summed E-state index contributed by atoms with van der Waals surface area (Å²) < 4.78 is 14.7. The maximum Gasteiger partial charge on any atom is 0.259 e. The van der Waals surface area contributed by atoms with E-state index in [0.717, 1.165) is 5.69 Å². The van der Waals surface area contributed by atoms with Crippen molar-refractivity contribution < 1.29 is 14.3 Å². The number of benzene rings is 1. The van der Waals surface area contributed by atoms with Gasteiger partial charge in [-0.3, -0.25) is 4.79 Å². The van der Waals surface area contributed by atoms with Gasteiger partial charge in [-0.25, -0.2) is 14.4 Å². The van der Waals surface area contributed by atoms with Gasteiger partial charge in [0.1, 0.15) is 22.7 Å². The zero-order valence-electron chi connectivity index (χ0n) is 18.8. The van der Waals surface area contributed by atoms with Gasteiger partial charge in [0, 0.05) is 43.7 Å². The molecule has 3 aromatic rings. The second-order valence-electron chi connectivity index (χ2n) is 9.34. The van der Waals surface area contributed by atoms with Gasteiger partial charge in [0.05, 0.1) is 18.1 Å². The molecule has 1 amide bonds. The molecule has 9 nitrogen and oxygen atoms in total. The maximum absolute atomic E-state index is 14.7. The van der Waals surface area contributed by atoms with E-state index in [0.29, 0.717) is 43.5 Å². The van der Waals surface area contributed by atoms with Gasteiger partial charge in [0.15, 0.2) is 0 Å². The second kappa shape index (κ2) is 7.87. The average molecular weight is 452 g/mol. The largest absolute Gasteiger partial charge is 0.384 e. The molecule has 2 unspecified atom stereocenters. The van der Waals surface area contributed by atoms with Crippen LogP contribution in [0.25, 0.3) is 5.69 Å². The van der Waals surface area contributed by atoms with Crippen LogP contribution in [-0.2, 0) is 5.60 Å². The molecule has 2 fully saturated rings. The first-order chi connectivity index (χ1) is 15.7. The molecule has 4 heterocycles. The Bertz CT molecular complexity index is 1180. The molecule has 33 heavy (non-hydrogen) atoms. The third-order valence-electron chi connectivity index (χ3n) is 6.37. The van der Waals surface area contributed by atoms with E-state index in [-0.39, 0.29) is 23.3 Å². The molecule has 2 aliphatic rings. The van der Waals surface area contributed by atoms with Gasteiger partial charge in [-0.05, 0) is 39.0 Å². The molecule has 0 saturated carbocycles. The molecule has 2 saturated heterocycles. The summed E-state index contributed by atoms with van der Waals surface area (Å²) in [7, 11) is 0. The number of carbonyl (C=O) groups excluding carboxylic acids is 1. The third kappa shape index (κ3) is 3.95. The molecule has 2 atom stereocenters. The van der Waals surface area contributed by atoms with Crippen LogP contribution in [0.5, 0.6) is 0 Å². The second-order valence-corrected chi connectivity index (χ2v) is 9.34. The number of hydrogen-bond acceptors (Lipinski definition) is 7. The van der Waals surface area contributed by atoms with Crippen molar-refractivity contribution in [2.75, 3.05) is 31.1 Å². The lowest BCUT2D eigenvalue weighted by atomic mass is 10.0. The number of carbonyl (C=O) groups is 1. The Morgan fingerprint density at radius 3 is 2.39 bits per heavy atom. The minimum atomic E-state index is -1.05. The standard InChI is InChI=1S/C23H26FN7O2/c1-14-9-19(23(2,3)33)28-22(27-14)30-12-15-10-29(11-16(15)13-30)21(32)20-17(24)5-4-6-18(20)31-25-7-8-26-31/h4-9,15-16,33H,10-13H2,1-3H3. The Kier molecular flexibility index (Phi) is 5.12. The monoisotopic (exact) mass is 451 g/mol. The third-order valence-corrected chi connectivity index (χ3v) is 6.37. The first-order valence-electron chi connectivity index (χ1n) is 11.0. The average Bonchev–Trinajstić information content (AvgIpc) is 3.48. The highest BCUT2D eigenvalue weighted by Crippen LogP contribution is 2.35. The molecule has 10 heteroatoms. The summed E-state index contributed by atoms with van der Waals surface area (Å²) in [5, 5.41) is 18.5. The van der Waals surface area contributed by atoms with Crippen molar-refractivity contribution in [3.63, 3.8) is 0 Å². The summed E-state index contributed by atoms with van der Waals surface area (Å²) in [6.07, 6.45) is 2.98. The molecule has 2 aromatic heterocycles. The number of fused-ring (bicyclic) bond motifs is 1. The van der Waals surface area contributed by atoms with Crippen LogP contribution in [0.3, 0.4) is 0 Å². The summed E-state index contributed by atoms with van der Waals surface area (Å²) >= 11 is 0. The fourth-order valence-corrected chi connectivity index (χ4v) is 4.72. The van der Waals surface area contributed by atoms with E-state index in [1.54, 1.807) is 36.9 Å². The van der Waals surface area contributed by atoms with E-state index in [9.17, 15) is 14.3 Å². The van der Waals surface area contributed by atoms with Crippen molar-refractivity contribution in [3.8, 4) is 5.69 Å². The molecule has 5 rings (SSSR count). The summed E-state index contributed by atoms with van der Waals surface area (Å²) in [4.78, 5) is 27.6. The van der Waals surface area contributed by atoms with Crippen molar-refractivity contribution in [2.45, 2.75) is 26.4 Å². The predicted molar refractivity (Wildman–Crippen MR) is 118 cm³/mol. The van der Waals surface area contributed by atoms with Crippen molar-refractivity contribution >= 4 is 11.9 Å². The number of anilines is 1. The molecular formula is C23H26FN7O2. The molecule has 172 valence electrons. The fourth-order valence-electron chi connectivity index (χ4n) is 4.72. The van der Waals surface area contributed by atoms with Gasteiger partial charge in [0.25, 0.3) is 5.91 Å². The lowest BCUT2D eigenvalue weighted by Crippen LogP contribution is -2.35. The van der Waals surface area contributed by atoms with E-state index in [1.165, 1.54) is 23.3 Å². The number of aryl methyl sites for hydroxylation is 1. The van der Waals surface area contributed by atoms with Crippen molar-refractivity contribution in [2.24, 2.45) is 11.8 Å². The van der Waals surface area contributed by atoms with Crippen molar-refractivity contribution in [1.29, 1.82) is 0 Å². The quantitative estimate of drug-likeness (QED) is 0.647. The van der Waals surface area contributed by atoms with Gasteiger partial charge in [0.2, 0.25) is 5.95 Å². The lowest BCUT2D eigenvalue weighted by Gasteiger charge is -2.24. The van der Waals surface area contributed by atoms with E-state index in [1.807, 2.05) is 6.92 Å².